The van der Waals surface area contributed by atoms with Crippen LogP contribution in [0.4, 0.5) is 11.9 Å². The van der Waals surface area contributed by atoms with Gasteiger partial charge in [0, 0.05) is 32.7 Å². The molecule has 2 fully saturated rings. The molecule has 1 aromatic heterocycles. The Morgan fingerprint density at radius 3 is 2.54 bits per heavy atom. The van der Waals surface area contributed by atoms with Gasteiger partial charge in [-0.05, 0) is 25.7 Å². The van der Waals surface area contributed by atoms with Gasteiger partial charge in [-0.2, -0.15) is 15.0 Å². The van der Waals surface area contributed by atoms with Crippen LogP contribution in [0.2, 0.25) is 0 Å². The summed E-state index contributed by atoms with van der Waals surface area (Å²) in [6.45, 7) is 5.06. The molecule has 2 aliphatic rings. The van der Waals surface area contributed by atoms with E-state index in [0.29, 0.717) is 12.0 Å². The van der Waals surface area contributed by atoms with Gasteiger partial charge in [-0.15, -0.1) is 0 Å². The Balaban J connectivity index is 1.75. The van der Waals surface area contributed by atoms with Gasteiger partial charge in [0.25, 0.3) is 0 Å². The first-order chi connectivity index (χ1) is 11.5. The van der Waals surface area contributed by atoms with E-state index < -0.39 is 0 Å². The van der Waals surface area contributed by atoms with E-state index in [4.69, 9.17) is 4.74 Å². The molecule has 0 amide bonds. The summed E-state index contributed by atoms with van der Waals surface area (Å²) in [6.07, 6.45) is 8.40. The average molecular weight is 333 g/mol. The predicted octanol–water partition coefficient (Wildman–Crippen LogP) is 3.35. The quantitative estimate of drug-likeness (QED) is 0.911. The van der Waals surface area contributed by atoms with Crippen molar-refractivity contribution in [2.75, 3.05) is 30.9 Å². The predicted molar refractivity (Wildman–Crippen MR) is 96.7 cm³/mol. The Kier molecular flexibility index (Phi) is 5.23. The molecule has 6 nitrogen and oxygen atoms in total. The number of rotatable bonds is 4. The monoisotopic (exact) mass is 333 g/mol. The Hall–Kier alpha value is -1.43. The van der Waals surface area contributed by atoms with Gasteiger partial charge in [-0.25, -0.2) is 0 Å². The molecular formula is C18H31N5O. The minimum Gasteiger partial charge on any atom is -0.375 e. The maximum atomic E-state index is 6.20. The van der Waals surface area contributed by atoms with Gasteiger partial charge < -0.3 is 15.0 Å². The molecule has 2 heterocycles. The Bertz CT molecular complexity index is 523. The molecule has 0 bridgehead atoms. The van der Waals surface area contributed by atoms with Crippen molar-refractivity contribution in [2.24, 2.45) is 0 Å². The molecule has 1 N–H and O–H groups in total. The van der Waals surface area contributed by atoms with E-state index in [-0.39, 0.29) is 11.5 Å². The third kappa shape index (κ3) is 3.97. The van der Waals surface area contributed by atoms with Crippen LogP contribution in [0, 0.1) is 0 Å². The summed E-state index contributed by atoms with van der Waals surface area (Å²) in [5.41, 5.74) is 0.0897. The molecule has 3 rings (SSSR count). The van der Waals surface area contributed by atoms with Crippen LogP contribution in [-0.2, 0) is 4.74 Å². The van der Waals surface area contributed by atoms with Gasteiger partial charge >= 0.3 is 0 Å². The lowest BCUT2D eigenvalue weighted by atomic mass is 9.78. The minimum absolute atomic E-state index is 0.0897. The molecule has 1 saturated heterocycles. The van der Waals surface area contributed by atoms with E-state index in [9.17, 15) is 0 Å². The van der Waals surface area contributed by atoms with Gasteiger partial charge in [-0.1, -0.05) is 33.1 Å². The lowest BCUT2D eigenvalue weighted by Gasteiger charge is -2.43. The van der Waals surface area contributed by atoms with Crippen molar-refractivity contribution in [3.8, 4) is 0 Å². The normalized spacial score (nSPS) is 23.5. The fourth-order valence-electron chi connectivity index (χ4n) is 3.78. The summed E-state index contributed by atoms with van der Waals surface area (Å²) in [7, 11) is 3.93. The number of anilines is 2. The van der Waals surface area contributed by atoms with E-state index in [2.05, 4.69) is 34.1 Å². The van der Waals surface area contributed by atoms with Gasteiger partial charge in [0.05, 0.1) is 5.60 Å². The summed E-state index contributed by atoms with van der Waals surface area (Å²) in [5.74, 6) is 2.55. The van der Waals surface area contributed by atoms with Gasteiger partial charge in [0.2, 0.25) is 11.9 Å². The molecule has 0 radical (unpaired) electrons. The van der Waals surface area contributed by atoms with Crippen molar-refractivity contribution in [3.05, 3.63) is 5.82 Å². The van der Waals surface area contributed by atoms with Crippen LogP contribution >= 0.6 is 0 Å². The highest BCUT2D eigenvalue weighted by Crippen LogP contribution is 2.39. The van der Waals surface area contributed by atoms with E-state index >= 15 is 0 Å². The average Bonchev–Trinajstić information content (AvgIpc) is 2.55. The molecule has 1 aromatic rings. The fraction of sp³-hybridized carbons (Fsp3) is 0.833. The first kappa shape index (κ1) is 17.4. The molecule has 134 valence electrons. The summed E-state index contributed by atoms with van der Waals surface area (Å²) >= 11 is 0. The molecule has 1 unspecified atom stereocenters. The maximum absolute atomic E-state index is 6.20. The van der Waals surface area contributed by atoms with E-state index in [0.717, 1.165) is 31.2 Å². The molecule has 1 aliphatic carbocycles. The second-order valence-corrected chi connectivity index (χ2v) is 7.79. The number of aromatic nitrogens is 3. The van der Waals surface area contributed by atoms with Gasteiger partial charge in [0.1, 0.15) is 5.82 Å². The van der Waals surface area contributed by atoms with Crippen molar-refractivity contribution in [1.82, 2.24) is 15.0 Å². The summed E-state index contributed by atoms with van der Waals surface area (Å²) in [4.78, 5) is 15.7. The molecule has 0 aromatic carbocycles. The number of nitrogens with zero attached hydrogens (tertiary/aromatic N) is 4. The number of ether oxygens (including phenoxy) is 1. The van der Waals surface area contributed by atoms with E-state index in [1.807, 2.05) is 19.0 Å². The SMILES string of the molecule is CC(C)c1nc(NC2CCOC3(CCCCC3)C2)nc(N(C)C)n1. The Labute approximate surface area is 145 Å². The topological polar surface area (TPSA) is 63.2 Å². The zero-order chi connectivity index (χ0) is 17.2. The smallest absolute Gasteiger partial charge is 0.229 e. The van der Waals surface area contributed by atoms with Crippen molar-refractivity contribution >= 4 is 11.9 Å². The highest BCUT2D eigenvalue weighted by atomic mass is 16.5. The Morgan fingerprint density at radius 2 is 1.88 bits per heavy atom. The summed E-state index contributed by atoms with van der Waals surface area (Å²) in [5, 5.41) is 3.57. The first-order valence-corrected chi connectivity index (χ1v) is 9.31. The van der Waals surface area contributed by atoms with Crippen molar-refractivity contribution in [2.45, 2.75) is 76.4 Å². The summed E-state index contributed by atoms with van der Waals surface area (Å²) in [6, 6.07) is 0.384. The van der Waals surface area contributed by atoms with Crippen LogP contribution in [-0.4, -0.2) is 47.3 Å². The zero-order valence-electron chi connectivity index (χ0n) is 15.5. The lowest BCUT2D eigenvalue weighted by molar-refractivity contribution is -0.103. The van der Waals surface area contributed by atoms with Gasteiger partial charge in [-0.3, -0.25) is 0 Å². The molecule has 1 aliphatic heterocycles. The second kappa shape index (κ2) is 7.21. The molecule has 1 atom stereocenters. The molecule has 1 spiro atoms. The van der Waals surface area contributed by atoms with Crippen LogP contribution in [0.3, 0.4) is 0 Å². The van der Waals surface area contributed by atoms with E-state index in [1.54, 1.807) is 0 Å². The highest BCUT2D eigenvalue weighted by Gasteiger charge is 2.38. The van der Waals surface area contributed by atoms with Gasteiger partial charge in [0.15, 0.2) is 0 Å². The number of hydrogen-bond acceptors (Lipinski definition) is 6. The third-order valence-corrected chi connectivity index (χ3v) is 5.15. The van der Waals surface area contributed by atoms with Crippen molar-refractivity contribution in [3.63, 3.8) is 0 Å². The largest absolute Gasteiger partial charge is 0.375 e. The third-order valence-electron chi connectivity index (χ3n) is 5.15. The van der Waals surface area contributed by atoms with Crippen molar-refractivity contribution in [1.29, 1.82) is 0 Å². The summed E-state index contributed by atoms with van der Waals surface area (Å²) < 4.78 is 6.20. The number of nitrogens with one attached hydrogen (secondary N) is 1. The molecular weight excluding hydrogens is 302 g/mol. The lowest BCUT2D eigenvalue weighted by Crippen LogP contribution is -2.45. The van der Waals surface area contributed by atoms with E-state index in [1.165, 1.54) is 32.1 Å². The standard InChI is InChI=1S/C18H31N5O/c1-13(2)15-20-16(22-17(21-15)23(3)4)19-14-8-11-24-18(12-14)9-6-5-7-10-18/h13-14H,5-12H2,1-4H3,(H,19,20,21,22). The zero-order valence-corrected chi connectivity index (χ0v) is 15.5. The van der Waals surface area contributed by atoms with Crippen LogP contribution in [0.1, 0.15) is 70.5 Å². The molecule has 6 heteroatoms. The Morgan fingerprint density at radius 1 is 1.12 bits per heavy atom. The second-order valence-electron chi connectivity index (χ2n) is 7.79. The molecule has 1 saturated carbocycles. The highest BCUT2D eigenvalue weighted by molar-refractivity contribution is 5.37. The van der Waals surface area contributed by atoms with Crippen LogP contribution in [0.5, 0.6) is 0 Å². The minimum atomic E-state index is 0.0897. The maximum Gasteiger partial charge on any atom is 0.229 e. The first-order valence-electron chi connectivity index (χ1n) is 9.31. The van der Waals surface area contributed by atoms with Crippen LogP contribution in [0.25, 0.3) is 0 Å². The van der Waals surface area contributed by atoms with Crippen molar-refractivity contribution < 1.29 is 4.74 Å². The van der Waals surface area contributed by atoms with Crippen LogP contribution < -0.4 is 10.2 Å². The van der Waals surface area contributed by atoms with Crippen LogP contribution in [0.15, 0.2) is 0 Å². The number of hydrogen-bond donors (Lipinski definition) is 1. The fourth-order valence-corrected chi connectivity index (χ4v) is 3.78. The molecule has 24 heavy (non-hydrogen) atoms.